The average molecular weight is 254 g/mol. The lowest BCUT2D eigenvalue weighted by Gasteiger charge is -2.21. The number of nitrogens with two attached hydrogens (primary N) is 1. The largest absolute Gasteiger partial charge is 0.383 e. The minimum Gasteiger partial charge on any atom is -0.383 e. The first-order valence-electron chi connectivity index (χ1n) is 5.20. The Labute approximate surface area is 97.7 Å². The van der Waals surface area contributed by atoms with Gasteiger partial charge in [0.05, 0.1) is 19.0 Å². The first-order valence-corrected chi connectivity index (χ1v) is 6.92. The molecule has 0 atom stereocenters. The van der Waals surface area contributed by atoms with Gasteiger partial charge in [0, 0.05) is 27.3 Å². The lowest BCUT2D eigenvalue weighted by Crippen LogP contribution is -2.33. The highest BCUT2D eigenvalue weighted by atomic mass is 32.2. The van der Waals surface area contributed by atoms with Crippen molar-refractivity contribution in [2.45, 2.75) is 6.42 Å². The molecule has 0 unspecified atom stereocenters. The second kappa shape index (κ2) is 8.89. The van der Waals surface area contributed by atoms with Gasteiger partial charge in [0.15, 0.2) is 0 Å². The van der Waals surface area contributed by atoms with E-state index >= 15 is 0 Å². The fraction of sp³-hybridized carbons (Fsp3) is 1.00. The number of rotatable bonds is 10. The van der Waals surface area contributed by atoms with Crippen molar-refractivity contribution in [2.75, 3.05) is 52.8 Å². The van der Waals surface area contributed by atoms with Crippen LogP contribution >= 0.6 is 0 Å². The van der Waals surface area contributed by atoms with Crippen molar-refractivity contribution >= 4 is 10.0 Å². The van der Waals surface area contributed by atoms with Crippen LogP contribution < -0.4 is 5.14 Å². The minimum atomic E-state index is -3.35. The smallest absolute Gasteiger partial charge is 0.209 e. The van der Waals surface area contributed by atoms with Crippen LogP contribution in [0.5, 0.6) is 0 Å². The lowest BCUT2D eigenvalue weighted by molar-refractivity contribution is 0.114. The van der Waals surface area contributed by atoms with Gasteiger partial charge in [-0.05, 0) is 13.0 Å². The number of ether oxygens (including phenoxy) is 2. The Kier molecular flexibility index (Phi) is 8.77. The first-order chi connectivity index (χ1) is 7.49. The molecule has 0 saturated heterocycles. The van der Waals surface area contributed by atoms with Gasteiger partial charge in [-0.25, -0.2) is 13.6 Å². The predicted octanol–water partition coefficient (Wildman–Crippen LogP) is -0.740. The third-order valence-electron chi connectivity index (χ3n) is 2.13. The maximum atomic E-state index is 10.8. The van der Waals surface area contributed by atoms with Crippen LogP contribution in [0.2, 0.25) is 0 Å². The molecule has 0 bridgehead atoms. The number of methoxy groups -OCH3 is 2. The summed E-state index contributed by atoms with van der Waals surface area (Å²) in [4.78, 5) is 2.10. The molecule has 0 radical (unpaired) electrons. The summed E-state index contributed by atoms with van der Waals surface area (Å²) in [5.74, 6) is 0.0173. The second-order valence-corrected chi connectivity index (χ2v) is 5.28. The van der Waals surface area contributed by atoms with Crippen molar-refractivity contribution in [3.63, 3.8) is 0 Å². The maximum absolute atomic E-state index is 10.8. The number of hydrogen-bond donors (Lipinski definition) is 1. The standard InChI is InChI=1S/C9H22N2O4S/c1-14-7-5-11(6-8-15-2)4-3-9-16(10,12)13/h3-9H2,1-2H3,(H2,10,12,13). The average Bonchev–Trinajstić information content (AvgIpc) is 2.19. The van der Waals surface area contributed by atoms with E-state index in [-0.39, 0.29) is 5.75 Å². The second-order valence-electron chi connectivity index (χ2n) is 3.55. The van der Waals surface area contributed by atoms with Crippen molar-refractivity contribution < 1.29 is 17.9 Å². The number of primary sulfonamides is 1. The first kappa shape index (κ1) is 15.8. The summed E-state index contributed by atoms with van der Waals surface area (Å²) in [6, 6.07) is 0. The van der Waals surface area contributed by atoms with E-state index in [1.54, 1.807) is 14.2 Å². The molecule has 0 aliphatic rings. The zero-order valence-electron chi connectivity index (χ0n) is 10.0. The van der Waals surface area contributed by atoms with E-state index in [2.05, 4.69) is 4.90 Å². The van der Waals surface area contributed by atoms with Gasteiger partial charge >= 0.3 is 0 Å². The summed E-state index contributed by atoms with van der Waals surface area (Å²) >= 11 is 0. The summed E-state index contributed by atoms with van der Waals surface area (Å²) in [5.41, 5.74) is 0. The molecule has 0 aromatic carbocycles. The van der Waals surface area contributed by atoms with Gasteiger partial charge in [-0.3, -0.25) is 4.90 Å². The molecule has 0 spiro atoms. The molecule has 0 amide bonds. The maximum Gasteiger partial charge on any atom is 0.209 e. The minimum absolute atomic E-state index is 0.0173. The van der Waals surface area contributed by atoms with Crippen LogP contribution in [0.4, 0.5) is 0 Å². The van der Waals surface area contributed by atoms with Crippen LogP contribution in [0.1, 0.15) is 6.42 Å². The molecule has 0 aliphatic carbocycles. The molecule has 98 valence electrons. The van der Waals surface area contributed by atoms with E-state index in [1.807, 2.05) is 0 Å². The van der Waals surface area contributed by atoms with E-state index in [9.17, 15) is 8.42 Å². The summed E-state index contributed by atoms with van der Waals surface area (Å²) in [7, 11) is -0.0745. The molecule has 16 heavy (non-hydrogen) atoms. The highest BCUT2D eigenvalue weighted by Gasteiger charge is 2.07. The Morgan fingerprint density at radius 3 is 1.94 bits per heavy atom. The molecule has 7 heteroatoms. The van der Waals surface area contributed by atoms with E-state index in [0.29, 0.717) is 26.2 Å². The third-order valence-corrected chi connectivity index (χ3v) is 2.98. The Hall–Kier alpha value is -0.210. The topological polar surface area (TPSA) is 81.9 Å². The fourth-order valence-corrected chi connectivity index (χ4v) is 1.80. The van der Waals surface area contributed by atoms with Crippen LogP contribution in [0.3, 0.4) is 0 Å². The molecule has 0 rings (SSSR count). The quantitative estimate of drug-likeness (QED) is 0.555. The van der Waals surface area contributed by atoms with Gasteiger partial charge in [-0.15, -0.1) is 0 Å². The molecule has 0 saturated carbocycles. The zero-order valence-corrected chi connectivity index (χ0v) is 10.8. The molecule has 0 fully saturated rings. The monoisotopic (exact) mass is 254 g/mol. The lowest BCUT2D eigenvalue weighted by atomic mass is 10.4. The van der Waals surface area contributed by atoms with Crippen LogP contribution in [-0.4, -0.2) is 66.1 Å². The van der Waals surface area contributed by atoms with Crippen molar-refractivity contribution in [3.05, 3.63) is 0 Å². The van der Waals surface area contributed by atoms with E-state index < -0.39 is 10.0 Å². The van der Waals surface area contributed by atoms with Crippen molar-refractivity contribution in [1.29, 1.82) is 0 Å². The van der Waals surface area contributed by atoms with Crippen LogP contribution in [0, 0.1) is 0 Å². The Morgan fingerprint density at radius 1 is 1.06 bits per heavy atom. The number of sulfonamides is 1. The molecular formula is C9H22N2O4S. The molecule has 6 nitrogen and oxygen atoms in total. The molecule has 0 heterocycles. The fourth-order valence-electron chi connectivity index (χ4n) is 1.27. The normalized spacial score (nSPS) is 12.2. The van der Waals surface area contributed by atoms with Gasteiger partial charge in [0.1, 0.15) is 0 Å². The molecule has 0 aromatic rings. The summed E-state index contributed by atoms with van der Waals surface area (Å²) in [6.45, 7) is 3.47. The van der Waals surface area contributed by atoms with Gasteiger partial charge in [0.2, 0.25) is 10.0 Å². The molecule has 0 aromatic heterocycles. The summed E-state index contributed by atoms with van der Waals surface area (Å²) < 4.78 is 31.4. The SMILES string of the molecule is COCCN(CCCS(N)(=O)=O)CCOC. The highest BCUT2D eigenvalue weighted by Crippen LogP contribution is 1.94. The Bertz CT molecular complexity index is 248. The number of nitrogens with zero attached hydrogens (tertiary/aromatic N) is 1. The summed E-state index contributed by atoms with van der Waals surface area (Å²) in [6.07, 6.45) is 0.534. The highest BCUT2D eigenvalue weighted by molar-refractivity contribution is 7.89. The van der Waals surface area contributed by atoms with Crippen LogP contribution in [-0.2, 0) is 19.5 Å². The zero-order chi connectivity index (χ0) is 12.4. The van der Waals surface area contributed by atoms with Gasteiger partial charge in [-0.1, -0.05) is 0 Å². The van der Waals surface area contributed by atoms with Crippen molar-refractivity contribution in [2.24, 2.45) is 5.14 Å². The summed E-state index contributed by atoms with van der Waals surface area (Å²) in [5, 5.41) is 4.93. The molecule has 2 N–H and O–H groups in total. The van der Waals surface area contributed by atoms with E-state index in [1.165, 1.54) is 0 Å². The van der Waals surface area contributed by atoms with Gasteiger partial charge in [0.25, 0.3) is 0 Å². The third kappa shape index (κ3) is 10.3. The van der Waals surface area contributed by atoms with Gasteiger partial charge < -0.3 is 9.47 Å². The molecule has 0 aliphatic heterocycles. The van der Waals surface area contributed by atoms with Gasteiger partial charge in [-0.2, -0.15) is 0 Å². The Balaban J connectivity index is 3.81. The number of hydrogen-bond acceptors (Lipinski definition) is 5. The van der Waals surface area contributed by atoms with Crippen LogP contribution in [0.25, 0.3) is 0 Å². The van der Waals surface area contributed by atoms with E-state index in [0.717, 1.165) is 13.1 Å². The molecular weight excluding hydrogens is 232 g/mol. The Morgan fingerprint density at radius 2 is 1.56 bits per heavy atom. The van der Waals surface area contributed by atoms with Crippen molar-refractivity contribution in [3.8, 4) is 0 Å². The predicted molar refractivity (Wildman–Crippen MR) is 62.8 cm³/mol. The van der Waals surface area contributed by atoms with Crippen molar-refractivity contribution in [1.82, 2.24) is 4.90 Å². The van der Waals surface area contributed by atoms with E-state index in [4.69, 9.17) is 14.6 Å². The van der Waals surface area contributed by atoms with Crippen LogP contribution in [0.15, 0.2) is 0 Å².